The van der Waals surface area contributed by atoms with Crippen molar-refractivity contribution in [3.8, 4) is 0 Å². The maximum atomic E-state index is 12.3. The highest BCUT2D eigenvalue weighted by molar-refractivity contribution is 7.90. The third-order valence-electron chi connectivity index (χ3n) is 2.02. The van der Waals surface area contributed by atoms with Gasteiger partial charge in [0.15, 0.2) is 9.84 Å². The number of rotatable bonds is 2. The van der Waals surface area contributed by atoms with Gasteiger partial charge in [-0.2, -0.15) is 13.2 Å². The summed E-state index contributed by atoms with van der Waals surface area (Å²) in [7, 11) is -3.54. The lowest BCUT2D eigenvalue weighted by Crippen LogP contribution is -2.11. The molecule has 90 valence electrons. The molecule has 0 aromatic carbocycles. The van der Waals surface area contributed by atoms with Crippen molar-refractivity contribution in [1.29, 1.82) is 0 Å². The van der Waals surface area contributed by atoms with Crippen LogP contribution in [0.15, 0.2) is 17.2 Å². The van der Waals surface area contributed by atoms with Crippen molar-refractivity contribution >= 4 is 9.84 Å². The van der Waals surface area contributed by atoms with Crippen molar-refractivity contribution < 1.29 is 21.6 Å². The van der Waals surface area contributed by atoms with Gasteiger partial charge in [0.25, 0.3) is 0 Å². The van der Waals surface area contributed by atoms with Crippen molar-refractivity contribution in [1.82, 2.24) is 4.98 Å². The van der Waals surface area contributed by atoms with E-state index < -0.39 is 21.7 Å². The second-order valence-corrected chi connectivity index (χ2v) is 5.28. The zero-order valence-corrected chi connectivity index (χ0v) is 9.48. The Labute approximate surface area is 91.2 Å². The second kappa shape index (κ2) is 4.04. The first-order chi connectivity index (χ1) is 7.16. The van der Waals surface area contributed by atoms with E-state index in [1.54, 1.807) is 6.92 Å². The van der Waals surface area contributed by atoms with Crippen LogP contribution >= 0.6 is 0 Å². The van der Waals surface area contributed by atoms with Gasteiger partial charge in [0.1, 0.15) is 5.69 Å². The summed E-state index contributed by atoms with van der Waals surface area (Å²) in [5.74, 6) is 0. The summed E-state index contributed by atoms with van der Waals surface area (Å²) < 4.78 is 59.5. The van der Waals surface area contributed by atoms with Crippen LogP contribution < -0.4 is 0 Å². The van der Waals surface area contributed by atoms with Gasteiger partial charge in [0.2, 0.25) is 0 Å². The third kappa shape index (κ3) is 2.72. The van der Waals surface area contributed by atoms with Crippen LogP contribution in [0, 0.1) is 0 Å². The molecule has 1 heterocycles. The minimum Gasteiger partial charge on any atom is -0.250 e. The molecule has 0 atom stereocenters. The topological polar surface area (TPSA) is 47.0 Å². The number of sulfone groups is 1. The molecule has 0 N–H and O–H groups in total. The van der Waals surface area contributed by atoms with E-state index in [1.807, 2.05) is 0 Å². The third-order valence-corrected chi connectivity index (χ3v) is 3.19. The molecule has 1 rings (SSSR count). The molecule has 0 aliphatic heterocycles. The minimum absolute atomic E-state index is 0.129. The Kier molecular flexibility index (Phi) is 3.27. The molecule has 7 heteroatoms. The van der Waals surface area contributed by atoms with Gasteiger partial charge in [0.05, 0.1) is 4.90 Å². The fourth-order valence-electron chi connectivity index (χ4n) is 1.25. The van der Waals surface area contributed by atoms with E-state index >= 15 is 0 Å². The van der Waals surface area contributed by atoms with Crippen molar-refractivity contribution in [2.24, 2.45) is 0 Å². The van der Waals surface area contributed by atoms with Gasteiger partial charge in [-0.25, -0.2) is 8.42 Å². The average molecular weight is 253 g/mol. The Bertz CT molecular complexity index is 494. The summed E-state index contributed by atoms with van der Waals surface area (Å²) in [6.07, 6.45) is -2.65. The monoisotopic (exact) mass is 253 g/mol. The standard InChI is InChI=1S/C9H10F3NO2S/c1-3-6-4-8(9(10,11)12)13-5-7(6)16(2,14)15/h4-5H,3H2,1-2H3. The summed E-state index contributed by atoms with van der Waals surface area (Å²) >= 11 is 0. The molecule has 0 spiro atoms. The smallest absolute Gasteiger partial charge is 0.250 e. The Balaban J connectivity index is 3.40. The number of hydrogen-bond donors (Lipinski definition) is 0. The largest absolute Gasteiger partial charge is 0.433 e. The number of pyridine rings is 1. The Morgan fingerprint density at radius 3 is 2.31 bits per heavy atom. The van der Waals surface area contributed by atoms with E-state index in [0.29, 0.717) is 0 Å². The Morgan fingerprint density at radius 1 is 1.38 bits per heavy atom. The minimum atomic E-state index is -4.56. The first kappa shape index (κ1) is 13.0. The van der Waals surface area contributed by atoms with Crippen LogP contribution in [0.1, 0.15) is 18.2 Å². The van der Waals surface area contributed by atoms with E-state index in [2.05, 4.69) is 4.98 Å². The van der Waals surface area contributed by atoms with Crippen LogP contribution in [0.3, 0.4) is 0 Å². The van der Waals surface area contributed by atoms with Gasteiger partial charge in [-0.1, -0.05) is 6.92 Å². The molecule has 0 bridgehead atoms. The molecule has 1 aromatic rings. The van der Waals surface area contributed by atoms with Crippen LogP contribution in [-0.2, 0) is 22.4 Å². The van der Waals surface area contributed by atoms with Gasteiger partial charge in [-0.15, -0.1) is 0 Å². The van der Waals surface area contributed by atoms with Gasteiger partial charge in [-0.05, 0) is 18.1 Å². The van der Waals surface area contributed by atoms with Crippen LogP contribution in [-0.4, -0.2) is 19.7 Å². The van der Waals surface area contributed by atoms with Gasteiger partial charge in [-0.3, -0.25) is 4.98 Å². The van der Waals surface area contributed by atoms with Crippen LogP contribution in [0.5, 0.6) is 0 Å². The first-order valence-corrected chi connectivity index (χ1v) is 6.31. The van der Waals surface area contributed by atoms with E-state index in [4.69, 9.17) is 0 Å². The quantitative estimate of drug-likeness (QED) is 0.810. The lowest BCUT2D eigenvalue weighted by Gasteiger charge is -2.10. The lowest BCUT2D eigenvalue weighted by atomic mass is 10.2. The number of hydrogen-bond acceptors (Lipinski definition) is 3. The number of halogens is 3. The highest BCUT2D eigenvalue weighted by Gasteiger charge is 2.33. The molecule has 0 radical (unpaired) electrons. The first-order valence-electron chi connectivity index (χ1n) is 4.42. The molecule has 0 fully saturated rings. The fourth-order valence-corrected chi connectivity index (χ4v) is 2.17. The average Bonchev–Trinajstić information content (AvgIpc) is 2.14. The summed E-state index contributed by atoms with van der Waals surface area (Å²) in [5.41, 5.74) is -0.943. The van der Waals surface area contributed by atoms with Crippen LogP contribution in [0.25, 0.3) is 0 Å². The van der Waals surface area contributed by atoms with Gasteiger partial charge in [0, 0.05) is 12.5 Å². The maximum Gasteiger partial charge on any atom is 0.433 e. The fraction of sp³-hybridized carbons (Fsp3) is 0.444. The SMILES string of the molecule is CCc1cc(C(F)(F)F)ncc1S(C)(=O)=O. The van der Waals surface area contributed by atoms with E-state index in [9.17, 15) is 21.6 Å². The van der Waals surface area contributed by atoms with Crippen molar-refractivity contribution in [3.63, 3.8) is 0 Å². The predicted molar refractivity (Wildman–Crippen MR) is 51.7 cm³/mol. The highest BCUT2D eigenvalue weighted by Crippen LogP contribution is 2.29. The molecule has 0 amide bonds. The molecule has 0 saturated carbocycles. The van der Waals surface area contributed by atoms with Gasteiger partial charge < -0.3 is 0 Å². The number of nitrogens with zero attached hydrogens (tertiary/aromatic N) is 1. The van der Waals surface area contributed by atoms with Crippen molar-refractivity contribution in [2.45, 2.75) is 24.4 Å². The molecule has 0 unspecified atom stereocenters. The molecular formula is C9H10F3NO2S. The summed E-state index contributed by atoms with van der Waals surface area (Å²) in [6, 6.07) is 0.774. The molecule has 0 aliphatic rings. The summed E-state index contributed by atoms with van der Waals surface area (Å²) in [4.78, 5) is 2.97. The zero-order chi connectivity index (χ0) is 12.6. The van der Waals surface area contributed by atoms with E-state index in [1.165, 1.54) is 0 Å². The molecular weight excluding hydrogens is 243 g/mol. The molecule has 0 saturated heterocycles. The number of aryl methyl sites for hydroxylation is 1. The van der Waals surface area contributed by atoms with Crippen LogP contribution in [0.4, 0.5) is 13.2 Å². The molecule has 0 aliphatic carbocycles. The van der Waals surface area contributed by atoms with Crippen LogP contribution in [0.2, 0.25) is 0 Å². The van der Waals surface area contributed by atoms with Crippen molar-refractivity contribution in [3.05, 3.63) is 23.5 Å². The molecule has 16 heavy (non-hydrogen) atoms. The van der Waals surface area contributed by atoms with Crippen molar-refractivity contribution in [2.75, 3.05) is 6.26 Å². The molecule has 3 nitrogen and oxygen atoms in total. The highest BCUT2D eigenvalue weighted by atomic mass is 32.2. The molecule has 1 aromatic heterocycles. The summed E-state index contributed by atoms with van der Waals surface area (Å²) in [6.45, 7) is 1.59. The Morgan fingerprint density at radius 2 is 1.94 bits per heavy atom. The maximum absolute atomic E-state index is 12.3. The normalized spacial score (nSPS) is 12.8. The summed E-state index contributed by atoms with van der Waals surface area (Å²) in [5, 5.41) is 0. The predicted octanol–water partition coefficient (Wildman–Crippen LogP) is 2.07. The lowest BCUT2D eigenvalue weighted by molar-refractivity contribution is -0.141. The number of alkyl halides is 3. The number of aromatic nitrogens is 1. The second-order valence-electron chi connectivity index (χ2n) is 3.30. The van der Waals surface area contributed by atoms with Gasteiger partial charge >= 0.3 is 6.18 Å². The zero-order valence-electron chi connectivity index (χ0n) is 8.67. The van der Waals surface area contributed by atoms with E-state index in [-0.39, 0.29) is 16.9 Å². The Hall–Kier alpha value is -1.11. The van der Waals surface area contributed by atoms with E-state index in [0.717, 1.165) is 18.5 Å².